The molecule has 0 aromatic carbocycles. The summed E-state index contributed by atoms with van der Waals surface area (Å²) in [6.45, 7) is 3.58. The van der Waals surface area contributed by atoms with Crippen molar-refractivity contribution in [3.05, 3.63) is 23.8 Å². The molecule has 1 aromatic rings. The predicted molar refractivity (Wildman–Crippen MR) is 55.4 cm³/mol. The molecule has 0 aliphatic carbocycles. The third kappa shape index (κ3) is 3.07. The summed E-state index contributed by atoms with van der Waals surface area (Å²) in [5, 5.41) is -0.261. The van der Waals surface area contributed by atoms with E-state index >= 15 is 0 Å². The fourth-order valence-electron chi connectivity index (χ4n) is 1.27. The zero-order valence-corrected chi connectivity index (χ0v) is 9.68. The summed E-state index contributed by atoms with van der Waals surface area (Å²) in [6, 6.07) is 0.853. The monoisotopic (exact) mass is 252 g/mol. The standard InChI is InChI=1S/C10H12ClF3N2/c1-3-7(11)6(2)9-15-5-4-8(16-9)10(12,13)14/h4-7H,3H2,1-2H3. The van der Waals surface area contributed by atoms with E-state index in [0.29, 0.717) is 6.42 Å². The van der Waals surface area contributed by atoms with Crippen molar-refractivity contribution in [2.45, 2.75) is 37.7 Å². The van der Waals surface area contributed by atoms with Gasteiger partial charge in [-0.1, -0.05) is 13.8 Å². The Morgan fingerprint density at radius 2 is 2.06 bits per heavy atom. The van der Waals surface area contributed by atoms with E-state index in [9.17, 15) is 13.2 Å². The minimum atomic E-state index is -4.44. The van der Waals surface area contributed by atoms with Gasteiger partial charge in [0.1, 0.15) is 11.5 Å². The van der Waals surface area contributed by atoms with Gasteiger partial charge in [0.25, 0.3) is 0 Å². The molecule has 0 bridgehead atoms. The molecule has 1 aromatic heterocycles. The van der Waals surface area contributed by atoms with Crippen LogP contribution < -0.4 is 0 Å². The van der Waals surface area contributed by atoms with Crippen LogP contribution in [0.5, 0.6) is 0 Å². The molecule has 2 nitrogen and oxygen atoms in total. The number of hydrogen-bond acceptors (Lipinski definition) is 2. The number of alkyl halides is 4. The molecule has 1 rings (SSSR count). The van der Waals surface area contributed by atoms with Gasteiger partial charge in [-0.3, -0.25) is 0 Å². The minimum Gasteiger partial charge on any atom is -0.241 e. The highest BCUT2D eigenvalue weighted by Gasteiger charge is 2.33. The number of nitrogens with zero attached hydrogens (tertiary/aromatic N) is 2. The van der Waals surface area contributed by atoms with Crippen molar-refractivity contribution in [3.63, 3.8) is 0 Å². The van der Waals surface area contributed by atoms with Crippen LogP contribution in [0.25, 0.3) is 0 Å². The Bertz CT molecular complexity index is 354. The first-order valence-corrected chi connectivity index (χ1v) is 5.34. The Kier molecular flexibility index (Phi) is 4.13. The molecule has 0 saturated heterocycles. The Morgan fingerprint density at radius 1 is 1.44 bits per heavy atom. The van der Waals surface area contributed by atoms with Gasteiger partial charge < -0.3 is 0 Å². The highest BCUT2D eigenvalue weighted by atomic mass is 35.5. The molecule has 0 aliphatic heterocycles. The van der Waals surface area contributed by atoms with Gasteiger partial charge in [-0.05, 0) is 12.5 Å². The second-order valence-electron chi connectivity index (χ2n) is 3.51. The van der Waals surface area contributed by atoms with Crippen LogP contribution in [0.3, 0.4) is 0 Å². The van der Waals surface area contributed by atoms with E-state index in [2.05, 4.69) is 9.97 Å². The second-order valence-corrected chi connectivity index (χ2v) is 4.07. The van der Waals surface area contributed by atoms with E-state index in [1.807, 2.05) is 6.92 Å². The van der Waals surface area contributed by atoms with Crippen molar-refractivity contribution >= 4 is 11.6 Å². The average molecular weight is 253 g/mol. The molecule has 0 aliphatic rings. The largest absolute Gasteiger partial charge is 0.433 e. The fourth-order valence-corrected chi connectivity index (χ4v) is 1.38. The number of rotatable bonds is 3. The van der Waals surface area contributed by atoms with Gasteiger partial charge in [-0.25, -0.2) is 9.97 Å². The lowest BCUT2D eigenvalue weighted by Gasteiger charge is -2.15. The molecule has 16 heavy (non-hydrogen) atoms. The Hall–Kier alpha value is -0.840. The second kappa shape index (κ2) is 4.99. The molecule has 0 radical (unpaired) electrons. The minimum absolute atomic E-state index is 0.136. The van der Waals surface area contributed by atoms with Crippen LogP contribution in [-0.4, -0.2) is 15.3 Å². The SMILES string of the molecule is CCC(Cl)C(C)c1nccc(C(F)(F)F)n1. The average Bonchev–Trinajstić information content (AvgIpc) is 2.26. The van der Waals surface area contributed by atoms with Gasteiger partial charge in [0.2, 0.25) is 0 Å². The first-order chi connectivity index (χ1) is 7.36. The van der Waals surface area contributed by atoms with Crippen molar-refractivity contribution in [3.8, 4) is 0 Å². The van der Waals surface area contributed by atoms with Gasteiger partial charge >= 0.3 is 6.18 Å². The number of hydrogen-bond donors (Lipinski definition) is 0. The van der Waals surface area contributed by atoms with Crippen LogP contribution in [0.4, 0.5) is 13.2 Å². The summed E-state index contributed by atoms with van der Waals surface area (Å²) in [5.74, 6) is -0.161. The highest BCUT2D eigenvalue weighted by Crippen LogP contribution is 2.29. The van der Waals surface area contributed by atoms with Gasteiger partial charge in [0.15, 0.2) is 0 Å². The van der Waals surface area contributed by atoms with Crippen molar-refractivity contribution in [2.75, 3.05) is 0 Å². The van der Waals surface area contributed by atoms with E-state index in [4.69, 9.17) is 11.6 Å². The highest BCUT2D eigenvalue weighted by molar-refractivity contribution is 6.21. The lowest BCUT2D eigenvalue weighted by atomic mass is 10.0. The Morgan fingerprint density at radius 3 is 2.56 bits per heavy atom. The summed E-state index contributed by atoms with van der Waals surface area (Å²) in [7, 11) is 0. The molecule has 0 spiro atoms. The summed E-state index contributed by atoms with van der Waals surface area (Å²) in [6.07, 6.45) is -2.67. The summed E-state index contributed by atoms with van der Waals surface area (Å²) >= 11 is 5.96. The molecular weight excluding hydrogens is 241 g/mol. The van der Waals surface area contributed by atoms with Crippen molar-refractivity contribution in [1.29, 1.82) is 0 Å². The fraction of sp³-hybridized carbons (Fsp3) is 0.600. The maximum atomic E-state index is 12.4. The van der Waals surface area contributed by atoms with Gasteiger partial charge in [0, 0.05) is 17.5 Å². The zero-order valence-electron chi connectivity index (χ0n) is 8.92. The maximum Gasteiger partial charge on any atom is 0.433 e. The number of halogens is 4. The molecule has 6 heteroatoms. The van der Waals surface area contributed by atoms with E-state index in [0.717, 1.165) is 12.3 Å². The third-order valence-corrected chi connectivity index (χ3v) is 2.99. The van der Waals surface area contributed by atoms with E-state index < -0.39 is 11.9 Å². The normalized spacial score (nSPS) is 15.9. The summed E-state index contributed by atoms with van der Waals surface area (Å²) in [4.78, 5) is 7.32. The molecule has 0 amide bonds. The molecule has 0 fully saturated rings. The summed E-state index contributed by atoms with van der Waals surface area (Å²) < 4.78 is 37.2. The Labute approximate surface area is 96.9 Å². The molecule has 0 saturated carbocycles. The third-order valence-electron chi connectivity index (χ3n) is 2.30. The van der Waals surface area contributed by atoms with E-state index in [1.165, 1.54) is 0 Å². The van der Waals surface area contributed by atoms with Gasteiger partial charge in [-0.15, -0.1) is 11.6 Å². The van der Waals surface area contributed by atoms with Gasteiger partial charge in [-0.2, -0.15) is 13.2 Å². The van der Waals surface area contributed by atoms with Crippen LogP contribution in [0.15, 0.2) is 12.3 Å². The lowest BCUT2D eigenvalue weighted by molar-refractivity contribution is -0.141. The smallest absolute Gasteiger partial charge is 0.241 e. The maximum absolute atomic E-state index is 12.4. The molecule has 2 atom stereocenters. The zero-order chi connectivity index (χ0) is 12.3. The lowest BCUT2D eigenvalue weighted by Crippen LogP contribution is -2.16. The topological polar surface area (TPSA) is 25.8 Å². The number of aromatic nitrogens is 2. The molecule has 1 heterocycles. The van der Waals surface area contributed by atoms with Crippen LogP contribution in [0.1, 0.15) is 37.7 Å². The summed E-state index contributed by atoms with van der Waals surface area (Å²) in [5.41, 5.74) is -0.927. The molecule has 2 unspecified atom stereocenters. The first-order valence-electron chi connectivity index (χ1n) is 4.90. The predicted octanol–water partition coefficient (Wildman–Crippen LogP) is 3.62. The molecule has 90 valence electrons. The first kappa shape index (κ1) is 13.2. The van der Waals surface area contributed by atoms with Crippen molar-refractivity contribution in [1.82, 2.24) is 9.97 Å². The van der Waals surface area contributed by atoms with Crippen LogP contribution in [0.2, 0.25) is 0 Å². The van der Waals surface area contributed by atoms with Gasteiger partial charge in [0.05, 0.1) is 0 Å². The quantitative estimate of drug-likeness (QED) is 0.768. The van der Waals surface area contributed by atoms with Crippen LogP contribution in [-0.2, 0) is 6.18 Å². The Balaban J connectivity index is 2.99. The molecule has 0 N–H and O–H groups in total. The van der Waals surface area contributed by atoms with E-state index in [-0.39, 0.29) is 17.1 Å². The van der Waals surface area contributed by atoms with Crippen LogP contribution >= 0.6 is 11.6 Å². The van der Waals surface area contributed by atoms with Crippen LogP contribution in [0, 0.1) is 0 Å². The van der Waals surface area contributed by atoms with Crippen molar-refractivity contribution < 1.29 is 13.2 Å². The van der Waals surface area contributed by atoms with Crippen molar-refractivity contribution in [2.24, 2.45) is 0 Å². The molecular formula is C10H12ClF3N2. The van der Waals surface area contributed by atoms with E-state index in [1.54, 1.807) is 6.92 Å².